The minimum atomic E-state index is -0.719. The van der Waals surface area contributed by atoms with Gasteiger partial charge in [-0.05, 0) is 55.4 Å². The van der Waals surface area contributed by atoms with Crippen LogP contribution in [-0.2, 0) is 4.74 Å². The molecule has 1 aliphatic carbocycles. The first-order chi connectivity index (χ1) is 12.0. The fourth-order valence-corrected chi connectivity index (χ4v) is 3.19. The summed E-state index contributed by atoms with van der Waals surface area (Å²) in [5.74, 6) is 0.707. The fourth-order valence-electron chi connectivity index (χ4n) is 2.65. The first-order valence-electron chi connectivity index (χ1n) is 8.63. The highest BCUT2D eigenvalue weighted by Gasteiger charge is 2.41. The second kappa shape index (κ2) is 9.62. The maximum absolute atomic E-state index is 10.4. The van der Waals surface area contributed by atoms with Gasteiger partial charge in [-0.25, -0.2) is 0 Å². The molecule has 0 saturated heterocycles. The Morgan fingerprint density at radius 3 is 2.52 bits per heavy atom. The number of halogens is 2. The van der Waals surface area contributed by atoms with Crippen LogP contribution in [0, 0.1) is 5.41 Å². The SMILES string of the molecule is CCNC(=NCC1(CCOC)CC1)NCC(O)c1cc(Cl)cc(Cl)c1. The van der Waals surface area contributed by atoms with Crippen molar-refractivity contribution in [3.05, 3.63) is 33.8 Å². The molecular weight excluding hydrogens is 361 g/mol. The summed E-state index contributed by atoms with van der Waals surface area (Å²) in [6.45, 7) is 4.64. The second-order valence-corrected chi connectivity index (χ2v) is 7.41. The number of guanidine groups is 1. The molecule has 25 heavy (non-hydrogen) atoms. The van der Waals surface area contributed by atoms with E-state index in [-0.39, 0.29) is 5.41 Å². The Morgan fingerprint density at radius 2 is 1.96 bits per heavy atom. The molecule has 3 N–H and O–H groups in total. The van der Waals surface area contributed by atoms with Gasteiger partial charge in [-0.1, -0.05) is 23.2 Å². The van der Waals surface area contributed by atoms with Crippen LogP contribution in [0.2, 0.25) is 10.0 Å². The summed E-state index contributed by atoms with van der Waals surface area (Å²) in [7, 11) is 1.73. The molecule has 1 saturated carbocycles. The predicted molar refractivity (Wildman–Crippen MR) is 104 cm³/mol. The number of nitrogens with zero attached hydrogens (tertiary/aromatic N) is 1. The predicted octanol–water partition coefficient (Wildman–Crippen LogP) is 3.40. The number of benzene rings is 1. The molecule has 5 nitrogen and oxygen atoms in total. The van der Waals surface area contributed by atoms with Gasteiger partial charge in [0.2, 0.25) is 0 Å². The zero-order chi connectivity index (χ0) is 18.3. The van der Waals surface area contributed by atoms with Crippen LogP contribution in [0.1, 0.15) is 37.9 Å². The Kier molecular flexibility index (Phi) is 7.81. The van der Waals surface area contributed by atoms with Gasteiger partial charge in [0.25, 0.3) is 0 Å². The molecule has 1 aliphatic rings. The summed E-state index contributed by atoms with van der Waals surface area (Å²) in [6.07, 6.45) is 2.71. The number of nitrogens with one attached hydrogen (secondary N) is 2. The molecule has 0 aromatic heterocycles. The van der Waals surface area contributed by atoms with Crippen LogP contribution in [0.5, 0.6) is 0 Å². The summed E-state index contributed by atoms with van der Waals surface area (Å²) < 4.78 is 5.18. The van der Waals surface area contributed by atoms with E-state index < -0.39 is 6.10 Å². The molecule has 1 aromatic carbocycles. The Balaban J connectivity index is 1.91. The third-order valence-electron chi connectivity index (χ3n) is 4.44. The molecule has 7 heteroatoms. The van der Waals surface area contributed by atoms with Gasteiger partial charge in [0, 0.05) is 43.4 Å². The van der Waals surface area contributed by atoms with E-state index in [2.05, 4.69) is 15.6 Å². The number of methoxy groups -OCH3 is 1. The van der Waals surface area contributed by atoms with Crippen LogP contribution in [0.25, 0.3) is 0 Å². The van der Waals surface area contributed by atoms with Crippen LogP contribution in [0.15, 0.2) is 23.2 Å². The van der Waals surface area contributed by atoms with E-state index in [4.69, 9.17) is 27.9 Å². The largest absolute Gasteiger partial charge is 0.387 e. The molecular formula is C18H27Cl2N3O2. The molecule has 0 bridgehead atoms. The van der Waals surface area contributed by atoms with Crippen molar-refractivity contribution in [2.24, 2.45) is 10.4 Å². The van der Waals surface area contributed by atoms with E-state index in [1.807, 2.05) is 6.92 Å². The van der Waals surface area contributed by atoms with Crippen LogP contribution < -0.4 is 10.6 Å². The number of hydrogen-bond donors (Lipinski definition) is 3. The van der Waals surface area contributed by atoms with Crippen molar-refractivity contribution in [3.63, 3.8) is 0 Å². The lowest BCUT2D eigenvalue weighted by atomic mass is 10.0. The van der Waals surface area contributed by atoms with Gasteiger partial charge in [0.05, 0.1) is 6.10 Å². The lowest BCUT2D eigenvalue weighted by molar-refractivity contribution is 0.173. The van der Waals surface area contributed by atoms with E-state index in [1.54, 1.807) is 25.3 Å². The molecule has 2 rings (SSSR count). The maximum Gasteiger partial charge on any atom is 0.191 e. The molecule has 0 aliphatic heterocycles. The Labute approximate surface area is 159 Å². The number of ether oxygens (including phenoxy) is 1. The topological polar surface area (TPSA) is 65.9 Å². The average Bonchev–Trinajstić information content (AvgIpc) is 3.34. The van der Waals surface area contributed by atoms with Crippen molar-refractivity contribution < 1.29 is 9.84 Å². The smallest absolute Gasteiger partial charge is 0.191 e. The quantitative estimate of drug-likeness (QED) is 0.448. The molecule has 0 radical (unpaired) electrons. The minimum Gasteiger partial charge on any atom is -0.387 e. The van der Waals surface area contributed by atoms with Crippen molar-refractivity contribution in [2.45, 2.75) is 32.3 Å². The normalized spacial score (nSPS) is 17.2. The zero-order valence-electron chi connectivity index (χ0n) is 14.8. The van der Waals surface area contributed by atoms with Crippen molar-refractivity contribution in [1.82, 2.24) is 10.6 Å². The van der Waals surface area contributed by atoms with Gasteiger partial charge in [-0.3, -0.25) is 4.99 Å². The summed E-state index contributed by atoms with van der Waals surface area (Å²) in [5.41, 5.74) is 0.969. The first-order valence-corrected chi connectivity index (χ1v) is 9.39. The van der Waals surface area contributed by atoms with Crippen molar-refractivity contribution in [1.29, 1.82) is 0 Å². The van der Waals surface area contributed by atoms with Gasteiger partial charge in [-0.2, -0.15) is 0 Å². The Morgan fingerprint density at radius 1 is 1.28 bits per heavy atom. The fraction of sp³-hybridized carbons (Fsp3) is 0.611. The lowest BCUT2D eigenvalue weighted by Gasteiger charge is -2.17. The van der Waals surface area contributed by atoms with E-state index >= 15 is 0 Å². The molecule has 0 spiro atoms. The minimum absolute atomic E-state index is 0.289. The average molecular weight is 388 g/mol. The summed E-state index contributed by atoms with van der Waals surface area (Å²) in [4.78, 5) is 4.68. The van der Waals surface area contributed by atoms with Crippen molar-refractivity contribution in [3.8, 4) is 0 Å². The highest BCUT2D eigenvalue weighted by Crippen LogP contribution is 2.48. The van der Waals surface area contributed by atoms with Gasteiger partial charge in [0.1, 0.15) is 0 Å². The third kappa shape index (κ3) is 6.66. The molecule has 1 atom stereocenters. The van der Waals surface area contributed by atoms with Crippen LogP contribution in [0.3, 0.4) is 0 Å². The highest BCUT2D eigenvalue weighted by atomic mass is 35.5. The van der Waals surface area contributed by atoms with Crippen LogP contribution >= 0.6 is 23.2 Å². The molecule has 1 aromatic rings. The van der Waals surface area contributed by atoms with Gasteiger partial charge in [-0.15, -0.1) is 0 Å². The molecule has 0 heterocycles. The molecule has 140 valence electrons. The molecule has 1 unspecified atom stereocenters. The summed E-state index contributed by atoms with van der Waals surface area (Å²) >= 11 is 12.0. The van der Waals surface area contributed by atoms with Crippen molar-refractivity contribution >= 4 is 29.2 Å². The number of hydrogen-bond acceptors (Lipinski definition) is 3. The zero-order valence-corrected chi connectivity index (χ0v) is 16.3. The monoisotopic (exact) mass is 387 g/mol. The van der Waals surface area contributed by atoms with E-state index in [1.165, 1.54) is 12.8 Å². The van der Waals surface area contributed by atoms with E-state index in [0.29, 0.717) is 28.1 Å². The summed E-state index contributed by atoms with van der Waals surface area (Å²) in [6, 6.07) is 5.08. The van der Waals surface area contributed by atoms with Gasteiger partial charge >= 0.3 is 0 Å². The van der Waals surface area contributed by atoms with E-state index in [0.717, 1.165) is 26.1 Å². The van der Waals surface area contributed by atoms with Crippen LogP contribution in [0.4, 0.5) is 0 Å². The third-order valence-corrected chi connectivity index (χ3v) is 4.88. The highest BCUT2D eigenvalue weighted by molar-refractivity contribution is 6.34. The standard InChI is InChI=1S/C18H27Cl2N3O2/c1-3-21-17(23-12-18(4-5-18)6-7-25-2)22-11-16(24)13-8-14(19)10-15(20)9-13/h8-10,16,24H,3-7,11-12H2,1-2H3,(H2,21,22,23). The van der Waals surface area contributed by atoms with Crippen LogP contribution in [-0.4, -0.2) is 44.4 Å². The number of aliphatic hydroxyl groups is 1. The molecule has 0 amide bonds. The number of rotatable bonds is 9. The van der Waals surface area contributed by atoms with Gasteiger partial charge in [0.15, 0.2) is 5.96 Å². The number of aliphatic hydroxyl groups excluding tert-OH is 1. The lowest BCUT2D eigenvalue weighted by Crippen LogP contribution is -2.39. The Hall–Kier alpha value is -1.01. The Bertz CT molecular complexity index is 571. The van der Waals surface area contributed by atoms with E-state index in [9.17, 15) is 5.11 Å². The van der Waals surface area contributed by atoms with Crippen molar-refractivity contribution in [2.75, 3.05) is 33.4 Å². The molecule has 1 fully saturated rings. The first kappa shape index (κ1) is 20.3. The maximum atomic E-state index is 10.4. The second-order valence-electron chi connectivity index (χ2n) is 6.54. The number of aliphatic imine (C=N–C) groups is 1. The van der Waals surface area contributed by atoms with Gasteiger partial charge < -0.3 is 20.5 Å². The summed E-state index contributed by atoms with van der Waals surface area (Å²) in [5, 5.41) is 17.8.